The molecular weight excluding hydrogens is 247 g/mol. The molecule has 0 aromatic carbocycles. The number of hydrogen-bond acceptors (Lipinski definition) is 3. The number of nitrogens with one attached hydrogen (secondary N) is 1. The smallest absolute Gasteiger partial charge is 0.396 e. The highest BCUT2D eigenvalue weighted by molar-refractivity contribution is 4.77. The van der Waals surface area contributed by atoms with Crippen molar-refractivity contribution in [2.75, 3.05) is 32.9 Å². The van der Waals surface area contributed by atoms with Crippen molar-refractivity contribution in [2.45, 2.75) is 39.3 Å². The second-order valence-electron chi connectivity index (χ2n) is 4.56. The van der Waals surface area contributed by atoms with Crippen LogP contribution in [0.3, 0.4) is 0 Å². The van der Waals surface area contributed by atoms with E-state index in [4.69, 9.17) is 0 Å². The van der Waals surface area contributed by atoms with E-state index >= 15 is 0 Å². The molecule has 0 spiro atoms. The van der Waals surface area contributed by atoms with Gasteiger partial charge in [-0.2, -0.15) is 13.2 Å². The monoisotopic (exact) mass is 271 g/mol. The van der Waals surface area contributed by atoms with Crippen molar-refractivity contribution < 1.29 is 23.0 Å². The third kappa shape index (κ3) is 7.89. The Kier molecular flexibility index (Phi) is 8.56. The lowest BCUT2D eigenvalue weighted by Gasteiger charge is -2.29. The zero-order valence-corrected chi connectivity index (χ0v) is 11.1. The van der Waals surface area contributed by atoms with Crippen LogP contribution in [-0.4, -0.2) is 44.2 Å². The molecule has 0 radical (unpaired) electrons. The molecule has 0 aliphatic heterocycles. The normalized spacial score (nSPS) is 13.0. The Balaban J connectivity index is 3.56. The molecule has 110 valence electrons. The molecule has 0 unspecified atom stereocenters. The van der Waals surface area contributed by atoms with Gasteiger partial charge in [-0.1, -0.05) is 13.8 Å². The van der Waals surface area contributed by atoms with E-state index in [1.54, 1.807) is 0 Å². The predicted octanol–water partition coefficient (Wildman–Crippen LogP) is 2.34. The molecule has 0 saturated carbocycles. The zero-order chi connectivity index (χ0) is 14.1. The summed E-state index contributed by atoms with van der Waals surface area (Å²) in [5.74, 6) is 0. The Morgan fingerprint density at radius 1 is 1.17 bits per heavy atom. The molecule has 0 atom stereocenters. The van der Waals surface area contributed by atoms with Gasteiger partial charge in [0.2, 0.25) is 0 Å². The summed E-state index contributed by atoms with van der Waals surface area (Å²) in [5, 5.41) is 12.5. The third-order valence-electron chi connectivity index (χ3n) is 3.24. The fourth-order valence-corrected chi connectivity index (χ4v) is 1.62. The molecule has 0 rings (SSSR count). The molecule has 0 aliphatic rings. The van der Waals surface area contributed by atoms with Crippen LogP contribution in [0.1, 0.15) is 33.1 Å². The van der Waals surface area contributed by atoms with Crippen molar-refractivity contribution in [1.29, 1.82) is 0 Å². The van der Waals surface area contributed by atoms with Crippen LogP contribution in [0, 0.1) is 5.41 Å². The molecule has 0 amide bonds. The maximum atomic E-state index is 11.8. The van der Waals surface area contributed by atoms with E-state index in [-0.39, 0.29) is 18.6 Å². The Bertz CT molecular complexity index is 198. The van der Waals surface area contributed by atoms with Crippen molar-refractivity contribution in [1.82, 2.24) is 5.32 Å². The Hall–Kier alpha value is -0.330. The maximum Gasteiger partial charge on any atom is 0.411 e. The van der Waals surface area contributed by atoms with Gasteiger partial charge in [-0.3, -0.25) is 0 Å². The van der Waals surface area contributed by atoms with Gasteiger partial charge in [0, 0.05) is 25.2 Å². The molecule has 2 N–H and O–H groups in total. The van der Waals surface area contributed by atoms with Crippen LogP contribution >= 0.6 is 0 Å². The van der Waals surface area contributed by atoms with Gasteiger partial charge in [-0.15, -0.1) is 0 Å². The molecule has 18 heavy (non-hydrogen) atoms. The zero-order valence-electron chi connectivity index (χ0n) is 11.1. The first-order valence-corrected chi connectivity index (χ1v) is 6.35. The summed E-state index contributed by atoms with van der Waals surface area (Å²) in [6, 6.07) is 0. The minimum Gasteiger partial charge on any atom is -0.396 e. The van der Waals surface area contributed by atoms with Gasteiger partial charge in [0.1, 0.15) is 6.61 Å². The largest absolute Gasteiger partial charge is 0.411 e. The van der Waals surface area contributed by atoms with Gasteiger partial charge in [-0.05, 0) is 25.8 Å². The molecule has 0 saturated heterocycles. The number of aliphatic hydroxyl groups is 1. The molecule has 0 aromatic heterocycles. The van der Waals surface area contributed by atoms with Crippen LogP contribution in [0.25, 0.3) is 0 Å². The topological polar surface area (TPSA) is 41.5 Å². The van der Waals surface area contributed by atoms with E-state index in [9.17, 15) is 18.3 Å². The van der Waals surface area contributed by atoms with Crippen molar-refractivity contribution in [3.8, 4) is 0 Å². The first-order chi connectivity index (χ1) is 8.39. The summed E-state index contributed by atoms with van der Waals surface area (Å²) in [6.45, 7) is 4.35. The number of ether oxygens (including phenoxy) is 1. The van der Waals surface area contributed by atoms with Gasteiger partial charge >= 0.3 is 6.18 Å². The summed E-state index contributed by atoms with van der Waals surface area (Å²) in [4.78, 5) is 0. The lowest BCUT2D eigenvalue weighted by Crippen LogP contribution is -2.37. The van der Waals surface area contributed by atoms with Crippen LogP contribution in [0.5, 0.6) is 0 Å². The average Bonchev–Trinajstić information content (AvgIpc) is 2.32. The highest BCUT2D eigenvalue weighted by Crippen LogP contribution is 2.24. The summed E-state index contributed by atoms with van der Waals surface area (Å²) in [6.07, 6.45) is -1.97. The first kappa shape index (κ1) is 17.7. The van der Waals surface area contributed by atoms with Gasteiger partial charge < -0.3 is 15.2 Å². The van der Waals surface area contributed by atoms with Crippen molar-refractivity contribution in [3.63, 3.8) is 0 Å². The van der Waals surface area contributed by atoms with Crippen molar-refractivity contribution in [2.24, 2.45) is 5.41 Å². The third-order valence-corrected chi connectivity index (χ3v) is 3.24. The average molecular weight is 271 g/mol. The Morgan fingerprint density at radius 3 is 2.22 bits per heavy atom. The fraction of sp³-hybridized carbons (Fsp3) is 1.00. The fourth-order valence-electron chi connectivity index (χ4n) is 1.62. The van der Waals surface area contributed by atoms with Crippen LogP contribution < -0.4 is 5.32 Å². The second-order valence-corrected chi connectivity index (χ2v) is 4.56. The lowest BCUT2D eigenvalue weighted by molar-refractivity contribution is -0.173. The van der Waals surface area contributed by atoms with E-state index in [2.05, 4.69) is 10.1 Å². The first-order valence-electron chi connectivity index (χ1n) is 6.35. The number of alkyl halides is 3. The summed E-state index contributed by atoms with van der Waals surface area (Å²) >= 11 is 0. The number of rotatable bonds is 10. The molecule has 0 heterocycles. The summed E-state index contributed by atoms with van der Waals surface area (Å²) < 4.78 is 39.8. The SMILES string of the molecule is CCC(CC)(CO)CNCCCOCC(F)(F)F. The van der Waals surface area contributed by atoms with Gasteiger partial charge in [0.15, 0.2) is 0 Å². The molecule has 0 bridgehead atoms. The van der Waals surface area contributed by atoms with Crippen LogP contribution in [-0.2, 0) is 4.74 Å². The van der Waals surface area contributed by atoms with Gasteiger partial charge in [0.05, 0.1) is 0 Å². The Labute approximate surface area is 107 Å². The maximum absolute atomic E-state index is 11.8. The van der Waals surface area contributed by atoms with Crippen molar-refractivity contribution >= 4 is 0 Å². The molecular formula is C12H24F3NO2. The highest BCUT2D eigenvalue weighted by atomic mass is 19.4. The lowest BCUT2D eigenvalue weighted by atomic mass is 9.83. The molecule has 3 nitrogen and oxygen atoms in total. The van der Waals surface area contributed by atoms with Crippen LogP contribution in [0.4, 0.5) is 13.2 Å². The van der Waals surface area contributed by atoms with Crippen LogP contribution in [0.2, 0.25) is 0 Å². The predicted molar refractivity (Wildman–Crippen MR) is 64.5 cm³/mol. The standard InChI is InChI=1S/C12H24F3NO2/c1-3-11(4-2,9-17)8-16-6-5-7-18-10-12(13,14)15/h16-17H,3-10H2,1-2H3. The van der Waals surface area contributed by atoms with Gasteiger partial charge in [-0.25, -0.2) is 0 Å². The highest BCUT2D eigenvalue weighted by Gasteiger charge is 2.27. The number of halogens is 3. The minimum absolute atomic E-state index is 0.0941. The summed E-state index contributed by atoms with van der Waals surface area (Å²) in [5.41, 5.74) is -0.118. The van der Waals surface area contributed by atoms with E-state index < -0.39 is 12.8 Å². The van der Waals surface area contributed by atoms with E-state index in [0.717, 1.165) is 12.8 Å². The van der Waals surface area contributed by atoms with Crippen LogP contribution in [0.15, 0.2) is 0 Å². The van der Waals surface area contributed by atoms with Gasteiger partial charge in [0.25, 0.3) is 0 Å². The number of aliphatic hydroxyl groups excluding tert-OH is 1. The van der Waals surface area contributed by atoms with E-state index in [0.29, 0.717) is 19.5 Å². The van der Waals surface area contributed by atoms with E-state index in [1.165, 1.54) is 0 Å². The van der Waals surface area contributed by atoms with E-state index in [1.807, 2.05) is 13.8 Å². The number of hydrogen-bond donors (Lipinski definition) is 2. The Morgan fingerprint density at radius 2 is 1.78 bits per heavy atom. The summed E-state index contributed by atoms with van der Waals surface area (Å²) in [7, 11) is 0. The molecule has 0 aliphatic carbocycles. The minimum atomic E-state index is -4.25. The molecule has 0 fully saturated rings. The quantitative estimate of drug-likeness (QED) is 0.599. The molecule has 6 heteroatoms. The van der Waals surface area contributed by atoms with Crippen molar-refractivity contribution in [3.05, 3.63) is 0 Å². The molecule has 0 aromatic rings. The second kappa shape index (κ2) is 8.72.